The van der Waals surface area contributed by atoms with E-state index in [4.69, 9.17) is 10.5 Å². The average molecular weight is 225 g/mol. The van der Waals surface area contributed by atoms with Gasteiger partial charge >= 0.3 is 0 Å². The van der Waals surface area contributed by atoms with Crippen LogP contribution in [0.3, 0.4) is 0 Å². The normalized spacial score (nSPS) is 13.0. The number of ether oxygens (including phenoxy) is 1. The maximum absolute atomic E-state index is 6.04. The molecule has 1 atom stereocenters. The predicted molar refractivity (Wildman–Crippen MR) is 65.4 cm³/mol. The van der Waals surface area contributed by atoms with Crippen LogP contribution in [0.25, 0.3) is 0 Å². The Morgan fingerprint density at radius 1 is 1.50 bits per heavy atom. The summed E-state index contributed by atoms with van der Waals surface area (Å²) in [5.74, 6) is 0. The van der Waals surface area contributed by atoms with Crippen LogP contribution in [0.4, 0.5) is 0 Å². The molecule has 4 heteroatoms. The minimum absolute atomic E-state index is 0.159. The van der Waals surface area contributed by atoms with Crippen LogP contribution in [0.5, 0.6) is 0 Å². The molecule has 0 aliphatic rings. The molecule has 0 fully saturated rings. The number of hydrogen-bond acceptors (Lipinski definition) is 3. The molecule has 0 aromatic carbocycles. The van der Waals surface area contributed by atoms with E-state index in [-0.39, 0.29) is 6.04 Å². The van der Waals surface area contributed by atoms with E-state index in [0.29, 0.717) is 0 Å². The Bertz CT molecular complexity index is 309. The second-order valence-corrected chi connectivity index (χ2v) is 4.05. The summed E-state index contributed by atoms with van der Waals surface area (Å²) < 4.78 is 7.23. The fourth-order valence-corrected chi connectivity index (χ4v) is 1.69. The van der Waals surface area contributed by atoms with Crippen molar-refractivity contribution >= 4 is 0 Å². The smallest absolute Gasteiger partial charge is 0.0624 e. The maximum atomic E-state index is 6.04. The predicted octanol–water partition coefficient (Wildman–Crippen LogP) is 1.28. The van der Waals surface area contributed by atoms with Gasteiger partial charge in [-0.25, -0.2) is 0 Å². The van der Waals surface area contributed by atoms with Gasteiger partial charge in [-0.1, -0.05) is 6.92 Å². The fraction of sp³-hybridized carbons (Fsp3) is 0.750. The lowest BCUT2D eigenvalue weighted by atomic mass is 10.1. The molecular weight excluding hydrogens is 202 g/mol. The summed E-state index contributed by atoms with van der Waals surface area (Å²) in [6.07, 6.45) is 2.75. The Labute approximate surface area is 97.8 Å². The zero-order valence-corrected chi connectivity index (χ0v) is 10.6. The van der Waals surface area contributed by atoms with Crippen molar-refractivity contribution in [3.05, 3.63) is 17.5 Å². The second kappa shape index (κ2) is 6.66. The number of aryl methyl sites for hydroxylation is 2. The molecule has 16 heavy (non-hydrogen) atoms. The first-order chi connectivity index (χ1) is 7.67. The highest BCUT2D eigenvalue weighted by Gasteiger charge is 2.09. The Hall–Kier alpha value is -0.870. The number of aromatic nitrogens is 2. The van der Waals surface area contributed by atoms with Crippen LogP contribution in [0.1, 0.15) is 31.7 Å². The number of rotatable bonds is 7. The van der Waals surface area contributed by atoms with Gasteiger partial charge in [-0.2, -0.15) is 5.10 Å². The Morgan fingerprint density at radius 2 is 2.25 bits per heavy atom. The summed E-state index contributed by atoms with van der Waals surface area (Å²) in [7, 11) is 1.98. The summed E-state index contributed by atoms with van der Waals surface area (Å²) in [5.41, 5.74) is 8.39. The molecule has 4 nitrogen and oxygen atoms in total. The molecule has 0 aliphatic heterocycles. The standard InChI is InChI=1S/C12H23N3O/c1-4-11-9-12(15(3)14-11)8-10(13)6-7-16-5-2/h9-10H,4-8,13H2,1-3H3. The Morgan fingerprint density at radius 3 is 2.81 bits per heavy atom. The molecular formula is C12H23N3O. The molecule has 1 unspecified atom stereocenters. The molecule has 0 saturated carbocycles. The topological polar surface area (TPSA) is 53.1 Å². The first kappa shape index (κ1) is 13.2. The zero-order valence-electron chi connectivity index (χ0n) is 10.6. The molecule has 0 saturated heterocycles. The van der Waals surface area contributed by atoms with Crippen molar-refractivity contribution in [3.8, 4) is 0 Å². The van der Waals surface area contributed by atoms with Gasteiger partial charge in [0.05, 0.1) is 5.69 Å². The highest BCUT2D eigenvalue weighted by Crippen LogP contribution is 2.07. The van der Waals surface area contributed by atoms with Crippen LogP contribution in [0.15, 0.2) is 6.07 Å². The molecule has 1 rings (SSSR count). The highest BCUT2D eigenvalue weighted by molar-refractivity contribution is 5.11. The van der Waals surface area contributed by atoms with Gasteiger partial charge < -0.3 is 10.5 Å². The zero-order chi connectivity index (χ0) is 12.0. The molecule has 0 amide bonds. The third-order valence-electron chi connectivity index (χ3n) is 2.70. The minimum atomic E-state index is 0.159. The minimum Gasteiger partial charge on any atom is -0.382 e. The molecule has 0 aliphatic carbocycles. The van der Waals surface area contributed by atoms with Gasteiger partial charge in [-0.05, 0) is 25.8 Å². The molecule has 2 N–H and O–H groups in total. The number of nitrogens with zero attached hydrogens (tertiary/aromatic N) is 2. The van der Waals surface area contributed by atoms with Crippen LogP contribution >= 0.6 is 0 Å². The number of nitrogens with two attached hydrogens (primary N) is 1. The van der Waals surface area contributed by atoms with Gasteiger partial charge in [0.1, 0.15) is 0 Å². The Balaban J connectivity index is 2.42. The summed E-state index contributed by atoms with van der Waals surface area (Å²) in [4.78, 5) is 0. The van der Waals surface area contributed by atoms with Crippen LogP contribution in [-0.4, -0.2) is 29.0 Å². The molecule has 0 bridgehead atoms. The summed E-state index contributed by atoms with van der Waals surface area (Å²) in [5, 5.41) is 4.41. The second-order valence-electron chi connectivity index (χ2n) is 4.05. The maximum Gasteiger partial charge on any atom is 0.0624 e. The summed E-state index contributed by atoms with van der Waals surface area (Å²) >= 11 is 0. The van der Waals surface area contributed by atoms with E-state index in [9.17, 15) is 0 Å². The van der Waals surface area contributed by atoms with Crippen molar-refractivity contribution in [1.82, 2.24) is 9.78 Å². The first-order valence-electron chi connectivity index (χ1n) is 6.02. The van der Waals surface area contributed by atoms with Crippen LogP contribution in [0, 0.1) is 0 Å². The lowest BCUT2D eigenvalue weighted by Gasteiger charge is -2.11. The van der Waals surface area contributed by atoms with Crippen LogP contribution in [0.2, 0.25) is 0 Å². The summed E-state index contributed by atoms with van der Waals surface area (Å²) in [6.45, 7) is 5.62. The first-order valence-corrected chi connectivity index (χ1v) is 6.02. The van der Waals surface area contributed by atoms with E-state index in [2.05, 4.69) is 18.1 Å². The van der Waals surface area contributed by atoms with Gasteiger partial charge in [0.25, 0.3) is 0 Å². The molecule has 1 heterocycles. The van der Waals surface area contributed by atoms with Gasteiger partial charge in [0.2, 0.25) is 0 Å². The molecule has 0 radical (unpaired) electrons. The van der Waals surface area contributed by atoms with Crippen molar-refractivity contribution in [1.29, 1.82) is 0 Å². The third-order valence-corrected chi connectivity index (χ3v) is 2.70. The van der Waals surface area contributed by atoms with E-state index in [1.165, 1.54) is 5.69 Å². The van der Waals surface area contributed by atoms with E-state index < -0.39 is 0 Å². The van der Waals surface area contributed by atoms with E-state index in [1.807, 2.05) is 18.7 Å². The van der Waals surface area contributed by atoms with Crippen molar-refractivity contribution < 1.29 is 4.74 Å². The van der Waals surface area contributed by atoms with Crippen molar-refractivity contribution in [2.75, 3.05) is 13.2 Å². The largest absolute Gasteiger partial charge is 0.382 e. The summed E-state index contributed by atoms with van der Waals surface area (Å²) in [6, 6.07) is 2.30. The Kier molecular flexibility index (Phi) is 5.49. The van der Waals surface area contributed by atoms with Crippen LogP contribution in [-0.2, 0) is 24.6 Å². The lowest BCUT2D eigenvalue weighted by molar-refractivity contribution is 0.139. The van der Waals surface area contributed by atoms with Gasteiger partial charge in [0.15, 0.2) is 0 Å². The van der Waals surface area contributed by atoms with Crippen molar-refractivity contribution in [2.24, 2.45) is 12.8 Å². The molecule has 92 valence electrons. The fourth-order valence-electron chi connectivity index (χ4n) is 1.69. The van der Waals surface area contributed by atoms with E-state index in [1.54, 1.807) is 0 Å². The van der Waals surface area contributed by atoms with E-state index >= 15 is 0 Å². The van der Waals surface area contributed by atoms with Gasteiger partial charge in [0, 0.05) is 38.4 Å². The highest BCUT2D eigenvalue weighted by atomic mass is 16.5. The molecule has 0 spiro atoms. The lowest BCUT2D eigenvalue weighted by Crippen LogP contribution is -2.25. The van der Waals surface area contributed by atoms with Crippen molar-refractivity contribution in [2.45, 2.75) is 39.2 Å². The molecule has 1 aromatic rings. The van der Waals surface area contributed by atoms with E-state index in [0.717, 1.165) is 38.2 Å². The number of hydrogen-bond donors (Lipinski definition) is 1. The monoisotopic (exact) mass is 225 g/mol. The van der Waals surface area contributed by atoms with Crippen molar-refractivity contribution in [3.63, 3.8) is 0 Å². The van der Waals surface area contributed by atoms with Gasteiger partial charge in [-0.15, -0.1) is 0 Å². The SMILES string of the molecule is CCOCCC(N)Cc1cc(CC)nn1C. The third kappa shape index (κ3) is 3.94. The average Bonchev–Trinajstić information content (AvgIpc) is 2.60. The van der Waals surface area contributed by atoms with Crippen LogP contribution < -0.4 is 5.73 Å². The molecule has 1 aromatic heterocycles. The van der Waals surface area contributed by atoms with Gasteiger partial charge in [-0.3, -0.25) is 4.68 Å². The quantitative estimate of drug-likeness (QED) is 0.711.